The smallest absolute Gasteiger partial charge is 0.242 e. The van der Waals surface area contributed by atoms with Crippen LogP contribution in [0.2, 0.25) is 0 Å². The van der Waals surface area contributed by atoms with Crippen LogP contribution in [0.25, 0.3) is 11.0 Å². The minimum absolute atomic E-state index is 0.00457. The molecule has 144 valence electrons. The second-order valence-electron chi connectivity index (χ2n) is 6.59. The second kappa shape index (κ2) is 8.18. The van der Waals surface area contributed by atoms with Crippen LogP contribution in [0.4, 0.5) is 0 Å². The van der Waals surface area contributed by atoms with Crippen molar-refractivity contribution in [1.82, 2.24) is 19.2 Å². The SMILES string of the molecule is CC[C@@H](C)NC(=O)CCc1nc2cc(S(=O)(=O)N(C)C)ccc2n1CC. The van der Waals surface area contributed by atoms with Gasteiger partial charge in [-0.1, -0.05) is 6.92 Å². The molecule has 7 nitrogen and oxygen atoms in total. The lowest BCUT2D eigenvalue weighted by Gasteiger charge is -2.12. The summed E-state index contributed by atoms with van der Waals surface area (Å²) in [6.07, 6.45) is 1.76. The van der Waals surface area contributed by atoms with E-state index < -0.39 is 10.0 Å². The third-order valence-electron chi connectivity index (χ3n) is 4.49. The van der Waals surface area contributed by atoms with Crippen LogP contribution < -0.4 is 5.32 Å². The maximum Gasteiger partial charge on any atom is 0.242 e. The summed E-state index contributed by atoms with van der Waals surface area (Å²) >= 11 is 0. The van der Waals surface area contributed by atoms with Gasteiger partial charge in [0.2, 0.25) is 15.9 Å². The van der Waals surface area contributed by atoms with Crippen molar-refractivity contribution in [3.05, 3.63) is 24.0 Å². The van der Waals surface area contributed by atoms with Crippen molar-refractivity contribution >= 4 is 27.0 Å². The minimum atomic E-state index is -3.50. The molecule has 2 aromatic rings. The quantitative estimate of drug-likeness (QED) is 0.760. The summed E-state index contributed by atoms with van der Waals surface area (Å²) < 4.78 is 27.9. The molecule has 0 aliphatic heterocycles. The number of benzene rings is 1. The molecule has 2 rings (SSSR count). The van der Waals surface area contributed by atoms with E-state index in [1.165, 1.54) is 18.4 Å². The first-order valence-electron chi connectivity index (χ1n) is 8.91. The number of fused-ring (bicyclic) bond motifs is 1. The highest BCUT2D eigenvalue weighted by Crippen LogP contribution is 2.22. The average Bonchev–Trinajstić information content (AvgIpc) is 2.96. The van der Waals surface area contributed by atoms with Gasteiger partial charge in [0.1, 0.15) is 5.82 Å². The lowest BCUT2D eigenvalue weighted by molar-refractivity contribution is -0.121. The molecule has 0 saturated carbocycles. The van der Waals surface area contributed by atoms with Gasteiger partial charge >= 0.3 is 0 Å². The fourth-order valence-corrected chi connectivity index (χ4v) is 3.67. The van der Waals surface area contributed by atoms with E-state index in [2.05, 4.69) is 10.3 Å². The summed E-state index contributed by atoms with van der Waals surface area (Å²) in [7, 11) is -0.490. The molecule has 0 aliphatic rings. The molecule has 0 radical (unpaired) electrons. The van der Waals surface area contributed by atoms with Crippen LogP contribution in [-0.4, -0.2) is 48.3 Å². The number of carbonyl (C=O) groups excluding carboxylic acids is 1. The summed E-state index contributed by atoms with van der Waals surface area (Å²) in [5.41, 5.74) is 1.51. The van der Waals surface area contributed by atoms with Crippen LogP contribution in [0, 0.1) is 0 Å². The van der Waals surface area contributed by atoms with Crippen LogP contribution in [-0.2, 0) is 27.8 Å². The van der Waals surface area contributed by atoms with E-state index in [9.17, 15) is 13.2 Å². The molecule has 0 spiro atoms. The van der Waals surface area contributed by atoms with Gasteiger partial charge < -0.3 is 9.88 Å². The van der Waals surface area contributed by atoms with E-state index >= 15 is 0 Å². The summed E-state index contributed by atoms with van der Waals surface area (Å²) in [6.45, 7) is 6.72. The monoisotopic (exact) mass is 380 g/mol. The molecule has 26 heavy (non-hydrogen) atoms. The van der Waals surface area contributed by atoms with Gasteiger partial charge in [0, 0.05) is 39.5 Å². The summed E-state index contributed by atoms with van der Waals surface area (Å²) in [4.78, 5) is 16.8. The third-order valence-corrected chi connectivity index (χ3v) is 6.30. The zero-order chi connectivity index (χ0) is 19.5. The molecule has 1 aromatic carbocycles. The van der Waals surface area contributed by atoms with Gasteiger partial charge in [-0.15, -0.1) is 0 Å². The number of imidazole rings is 1. The first-order chi connectivity index (χ1) is 12.2. The van der Waals surface area contributed by atoms with Crippen molar-refractivity contribution in [3.63, 3.8) is 0 Å². The number of aromatic nitrogens is 2. The summed E-state index contributed by atoms with van der Waals surface area (Å²) in [5.74, 6) is 0.797. The zero-order valence-corrected chi connectivity index (χ0v) is 16.9. The average molecular weight is 381 g/mol. The van der Waals surface area contributed by atoms with Crippen molar-refractivity contribution in [1.29, 1.82) is 0 Å². The highest BCUT2D eigenvalue weighted by Gasteiger charge is 2.19. The molecule has 1 amide bonds. The van der Waals surface area contributed by atoms with Crippen molar-refractivity contribution in [2.75, 3.05) is 14.1 Å². The lowest BCUT2D eigenvalue weighted by atomic mass is 10.2. The number of hydrogen-bond acceptors (Lipinski definition) is 4. The zero-order valence-electron chi connectivity index (χ0n) is 16.1. The van der Waals surface area contributed by atoms with Gasteiger partial charge in [0.15, 0.2) is 0 Å². The number of carbonyl (C=O) groups is 1. The van der Waals surface area contributed by atoms with E-state index in [0.29, 0.717) is 24.9 Å². The molecule has 8 heteroatoms. The lowest BCUT2D eigenvalue weighted by Crippen LogP contribution is -2.32. The Kier molecular flexibility index (Phi) is 6.41. The fourth-order valence-electron chi connectivity index (χ4n) is 2.75. The van der Waals surface area contributed by atoms with E-state index in [4.69, 9.17) is 0 Å². The van der Waals surface area contributed by atoms with Gasteiger partial charge in [0.05, 0.1) is 15.9 Å². The van der Waals surface area contributed by atoms with Crippen LogP contribution in [0.5, 0.6) is 0 Å². The van der Waals surface area contributed by atoms with Crippen molar-refractivity contribution in [2.45, 2.75) is 57.5 Å². The maximum atomic E-state index is 12.3. The Bertz CT molecular complexity index is 887. The topological polar surface area (TPSA) is 84.3 Å². The van der Waals surface area contributed by atoms with E-state index in [1.807, 2.05) is 25.3 Å². The molecule has 1 heterocycles. The first-order valence-corrected chi connectivity index (χ1v) is 10.4. The number of aryl methyl sites for hydroxylation is 2. The Morgan fingerprint density at radius 1 is 1.31 bits per heavy atom. The Morgan fingerprint density at radius 3 is 2.58 bits per heavy atom. The minimum Gasteiger partial charge on any atom is -0.354 e. The van der Waals surface area contributed by atoms with Gasteiger partial charge in [-0.25, -0.2) is 17.7 Å². The Labute approximate surface area is 155 Å². The Morgan fingerprint density at radius 2 is 2.00 bits per heavy atom. The third kappa shape index (κ3) is 4.24. The molecule has 1 atom stereocenters. The number of sulfonamides is 1. The molecule has 1 N–H and O–H groups in total. The molecule has 1 aromatic heterocycles. The van der Waals surface area contributed by atoms with Gasteiger partial charge in [-0.05, 0) is 38.5 Å². The van der Waals surface area contributed by atoms with Crippen LogP contribution in [0.15, 0.2) is 23.1 Å². The van der Waals surface area contributed by atoms with Crippen LogP contribution in [0.3, 0.4) is 0 Å². The highest BCUT2D eigenvalue weighted by molar-refractivity contribution is 7.89. The molecule has 0 aliphatic carbocycles. The molecule has 0 unspecified atom stereocenters. The van der Waals surface area contributed by atoms with Crippen molar-refractivity contribution in [3.8, 4) is 0 Å². The fraction of sp³-hybridized carbons (Fsp3) is 0.556. The van der Waals surface area contributed by atoms with Crippen molar-refractivity contribution < 1.29 is 13.2 Å². The van der Waals surface area contributed by atoms with Crippen molar-refractivity contribution in [2.24, 2.45) is 0 Å². The number of nitrogens with one attached hydrogen (secondary N) is 1. The molecule has 0 saturated heterocycles. The predicted molar refractivity (Wildman–Crippen MR) is 102 cm³/mol. The van der Waals surface area contributed by atoms with Gasteiger partial charge in [0.25, 0.3) is 0 Å². The number of rotatable bonds is 8. The number of nitrogens with zero attached hydrogens (tertiary/aromatic N) is 3. The standard InChI is InChI=1S/C18H28N4O3S/c1-6-13(3)19-18(23)11-10-17-20-15-12-14(26(24,25)21(4)5)8-9-16(15)22(17)7-2/h8-9,12-13H,6-7,10-11H2,1-5H3,(H,19,23)/t13-/m1/s1. The van der Waals surface area contributed by atoms with E-state index in [0.717, 1.165) is 17.8 Å². The molecule has 0 fully saturated rings. The highest BCUT2D eigenvalue weighted by atomic mass is 32.2. The molecule has 0 bridgehead atoms. The largest absolute Gasteiger partial charge is 0.354 e. The Balaban J connectivity index is 2.29. The number of hydrogen-bond donors (Lipinski definition) is 1. The van der Waals surface area contributed by atoms with E-state index in [1.54, 1.807) is 18.2 Å². The van der Waals surface area contributed by atoms with Crippen LogP contribution >= 0.6 is 0 Å². The Hall–Kier alpha value is -1.93. The maximum absolute atomic E-state index is 12.3. The molecular formula is C18H28N4O3S. The number of amides is 1. The molecular weight excluding hydrogens is 352 g/mol. The summed E-state index contributed by atoms with van der Waals surface area (Å²) in [5, 5.41) is 2.95. The van der Waals surface area contributed by atoms with Gasteiger partial charge in [-0.3, -0.25) is 4.79 Å². The second-order valence-corrected chi connectivity index (χ2v) is 8.74. The summed E-state index contributed by atoms with van der Waals surface area (Å²) in [6, 6.07) is 5.14. The van der Waals surface area contributed by atoms with Crippen LogP contribution in [0.1, 0.15) is 39.4 Å². The first kappa shape index (κ1) is 20.4. The van der Waals surface area contributed by atoms with E-state index in [-0.39, 0.29) is 16.8 Å². The normalized spacial score (nSPS) is 13.3. The predicted octanol–water partition coefficient (Wildman–Crippen LogP) is 2.15. The van der Waals surface area contributed by atoms with Gasteiger partial charge in [-0.2, -0.15) is 0 Å².